The first-order valence-electron chi connectivity index (χ1n) is 10.1. The lowest BCUT2D eigenvalue weighted by Gasteiger charge is -2.20. The van der Waals surface area contributed by atoms with E-state index in [1.807, 2.05) is 0 Å². The van der Waals surface area contributed by atoms with Gasteiger partial charge in [-0.25, -0.2) is 8.78 Å². The van der Waals surface area contributed by atoms with Gasteiger partial charge < -0.3 is 10.0 Å². The number of benzene rings is 2. The number of hydrogen-bond donors (Lipinski definition) is 1. The smallest absolute Gasteiger partial charge is 0.273 e. The predicted octanol–water partition coefficient (Wildman–Crippen LogP) is 2.51. The van der Waals surface area contributed by atoms with Crippen molar-refractivity contribution in [1.82, 2.24) is 19.7 Å². The van der Waals surface area contributed by atoms with Crippen molar-refractivity contribution < 1.29 is 18.7 Å². The molecular formula is C23H16B2F2N4O2. The molecule has 10 heteroatoms. The molecule has 4 aromatic rings. The zero-order chi connectivity index (χ0) is 23.5. The van der Waals surface area contributed by atoms with Crippen LogP contribution in [0, 0.1) is 11.6 Å². The summed E-state index contributed by atoms with van der Waals surface area (Å²) in [4.78, 5) is 18.0. The van der Waals surface area contributed by atoms with E-state index in [4.69, 9.17) is 15.7 Å². The first-order valence-corrected chi connectivity index (χ1v) is 10.1. The number of aliphatic hydroxyl groups is 1. The van der Waals surface area contributed by atoms with Crippen molar-refractivity contribution in [2.75, 3.05) is 0 Å². The molecule has 0 bridgehead atoms. The third kappa shape index (κ3) is 3.60. The van der Waals surface area contributed by atoms with E-state index in [1.54, 1.807) is 31.4 Å². The van der Waals surface area contributed by atoms with Crippen LogP contribution in [0.15, 0.2) is 48.8 Å². The molecule has 2 aromatic carbocycles. The van der Waals surface area contributed by atoms with Crippen molar-refractivity contribution >= 4 is 32.5 Å². The van der Waals surface area contributed by atoms with Gasteiger partial charge in [0.25, 0.3) is 5.91 Å². The summed E-state index contributed by atoms with van der Waals surface area (Å²) in [6.07, 6.45) is 3.16. The fraction of sp³-hybridized carbons (Fsp3) is 0.174. The van der Waals surface area contributed by atoms with E-state index in [-0.39, 0.29) is 35.7 Å². The van der Waals surface area contributed by atoms with Crippen molar-refractivity contribution in [3.63, 3.8) is 0 Å². The number of rotatable bonds is 4. The summed E-state index contributed by atoms with van der Waals surface area (Å²) in [6, 6.07) is 8.95. The summed E-state index contributed by atoms with van der Waals surface area (Å²) >= 11 is 0. The summed E-state index contributed by atoms with van der Waals surface area (Å²) in [5, 5.41) is 12.7. The largest absolute Gasteiger partial charge is 0.405 e. The Balaban J connectivity index is 1.53. The first-order chi connectivity index (χ1) is 15.6. The van der Waals surface area contributed by atoms with Crippen LogP contribution in [0.3, 0.4) is 0 Å². The number of aromatic nitrogens is 3. The van der Waals surface area contributed by atoms with Crippen LogP contribution in [0.1, 0.15) is 27.2 Å². The maximum atomic E-state index is 15.1. The fourth-order valence-electron chi connectivity index (χ4n) is 4.21. The van der Waals surface area contributed by atoms with Crippen LogP contribution < -0.4 is 0 Å². The molecule has 4 radical (unpaired) electrons. The molecule has 0 atom stereocenters. The van der Waals surface area contributed by atoms with Gasteiger partial charge in [0, 0.05) is 47.9 Å². The highest BCUT2D eigenvalue weighted by Crippen LogP contribution is 2.35. The van der Waals surface area contributed by atoms with E-state index in [9.17, 15) is 9.90 Å². The fourth-order valence-corrected chi connectivity index (χ4v) is 4.21. The number of carbonyl (C=O) groups excluding carboxylic acids is 1. The third-order valence-corrected chi connectivity index (χ3v) is 5.77. The van der Waals surface area contributed by atoms with E-state index in [0.717, 1.165) is 5.56 Å². The summed E-state index contributed by atoms with van der Waals surface area (Å²) in [5.41, 5.74) is 2.07. The highest BCUT2D eigenvalue weighted by molar-refractivity contribution is 6.39. The molecule has 0 saturated heterocycles. The Morgan fingerprint density at radius 2 is 1.91 bits per heavy atom. The number of pyridine rings is 1. The standard InChI is InChI=1S/C23H16B2F2N4O2/c1-30-10-15-14(4-5-17(21(15)29-30)23(24,25)33)13-7-18(26)16(19(27)8-13)11-31-9-12-3-2-6-28-20(12)22(31)32/h2-8,10,33H,9,11H2,1H3. The van der Waals surface area contributed by atoms with Gasteiger partial charge in [-0.15, -0.1) is 0 Å². The zero-order valence-corrected chi connectivity index (χ0v) is 17.6. The highest BCUT2D eigenvalue weighted by Gasteiger charge is 2.30. The van der Waals surface area contributed by atoms with Gasteiger partial charge in [0.1, 0.15) is 33.0 Å². The van der Waals surface area contributed by atoms with Gasteiger partial charge in [0.05, 0.1) is 12.1 Å². The molecule has 0 unspecified atom stereocenters. The zero-order valence-electron chi connectivity index (χ0n) is 17.6. The maximum Gasteiger partial charge on any atom is 0.273 e. The molecule has 5 rings (SSSR count). The average molecular weight is 440 g/mol. The summed E-state index contributed by atoms with van der Waals surface area (Å²) in [7, 11) is 12.9. The van der Waals surface area contributed by atoms with Crippen molar-refractivity contribution in [3.05, 3.63) is 82.8 Å². The van der Waals surface area contributed by atoms with Crippen LogP contribution in [0.2, 0.25) is 0 Å². The van der Waals surface area contributed by atoms with Crippen molar-refractivity contribution in [3.8, 4) is 11.1 Å². The Labute approximate surface area is 190 Å². The molecule has 3 heterocycles. The lowest BCUT2D eigenvalue weighted by molar-refractivity contribution is 0.0759. The molecule has 0 saturated carbocycles. The number of aryl methyl sites for hydroxylation is 1. The van der Waals surface area contributed by atoms with Gasteiger partial charge in [-0.1, -0.05) is 18.2 Å². The second kappa shape index (κ2) is 7.52. The van der Waals surface area contributed by atoms with E-state index in [0.29, 0.717) is 22.2 Å². The normalized spacial score (nSPS) is 13.7. The molecule has 1 aliphatic rings. The summed E-state index contributed by atoms with van der Waals surface area (Å²) in [5.74, 6) is -1.92. The van der Waals surface area contributed by atoms with Crippen molar-refractivity contribution in [1.29, 1.82) is 0 Å². The SMILES string of the molecule is [B]C([B])(O)c1ccc(-c2cc(F)c(CN3Cc4cccnc4C3=O)c(F)c2)c2cn(C)nc12. The van der Waals surface area contributed by atoms with E-state index >= 15 is 8.78 Å². The molecule has 2 aromatic heterocycles. The number of fused-ring (bicyclic) bond motifs is 2. The molecule has 0 spiro atoms. The van der Waals surface area contributed by atoms with Crippen LogP contribution in [0.25, 0.3) is 22.0 Å². The van der Waals surface area contributed by atoms with Crippen LogP contribution in [-0.2, 0) is 25.5 Å². The Kier molecular flexibility index (Phi) is 4.86. The van der Waals surface area contributed by atoms with Crippen molar-refractivity contribution in [2.24, 2.45) is 7.05 Å². The quantitative estimate of drug-likeness (QED) is 0.496. The number of carbonyl (C=O) groups is 1. The Morgan fingerprint density at radius 1 is 1.18 bits per heavy atom. The molecule has 0 fully saturated rings. The summed E-state index contributed by atoms with van der Waals surface area (Å²) in [6.45, 7) is 0.0171. The van der Waals surface area contributed by atoms with Gasteiger partial charge in [-0.05, 0) is 34.9 Å². The Morgan fingerprint density at radius 3 is 2.58 bits per heavy atom. The van der Waals surface area contributed by atoms with Gasteiger partial charge in [-0.3, -0.25) is 14.5 Å². The molecule has 1 amide bonds. The number of halogens is 2. The number of hydrogen-bond acceptors (Lipinski definition) is 4. The van der Waals surface area contributed by atoms with Crippen molar-refractivity contribution in [2.45, 2.75) is 18.5 Å². The topological polar surface area (TPSA) is 71.2 Å². The molecule has 1 N–H and O–H groups in total. The van der Waals surface area contributed by atoms with Crippen LogP contribution >= 0.6 is 0 Å². The minimum absolute atomic E-state index is 0.181. The number of nitrogens with zero attached hydrogens (tertiary/aromatic N) is 4. The third-order valence-electron chi connectivity index (χ3n) is 5.77. The molecule has 160 valence electrons. The van der Waals surface area contributed by atoms with Crippen LogP contribution in [0.4, 0.5) is 8.78 Å². The second-order valence-electron chi connectivity index (χ2n) is 8.14. The average Bonchev–Trinajstić information content (AvgIpc) is 3.28. The van der Waals surface area contributed by atoms with Crippen LogP contribution in [-0.4, -0.2) is 46.4 Å². The monoisotopic (exact) mass is 440 g/mol. The Bertz CT molecular complexity index is 1410. The van der Waals surface area contributed by atoms with E-state index < -0.39 is 17.0 Å². The maximum absolute atomic E-state index is 15.1. The molecule has 1 aliphatic heterocycles. The minimum atomic E-state index is -2.12. The van der Waals surface area contributed by atoms with Gasteiger partial charge >= 0.3 is 0 Å². The molecule has 6 nitrogen and oxygen atoms in total. The second-order valence-corrected chi connectivity index (χ2v) is 8.14. The van der Waals surface area contributed by atoms with Crippen LogP contribution in [0.5, 0.6) is 0 Å². The van der Waals surface area contributed by atoms with Gasteiger partial charge in [0.15, 0.2) is 0 Å². The lowest BCUT2D eigenvalue weighted by atomic mass is 9.61. The van der Waals surface area contributed by atoms with E-state index in [1.165, 1.54) is 34.0 Å². The predicted molar refractivity (Wildman–Crippen MR) is 119 cm³/mol. The molecular weight excluding hydrogens is 424 g/mol. The minimum Gasteiger partial charge on any atom is -0.405 e. The van der Waals surface area contributed by atoms with Gasteiger partial charge in [-0.2, -0.15) is 5.10 Å². The molecule has 0 aliphatic carbocycles. The Hall–Kier alpha value is -3.52. The lowest BCUT2D eigenvalue weighted by Crippen LogP contribution is -2.26. The van der Waals surface area contributed by atoms with E-state index in [2.05, 4.69) is 10.1 Å². The highest BCUT2D eigenvalue weighted by atomic mass is 19.1. The summed E-state index contributed by atoms with van der Waals surface area (Å²) < 4.78 is 31.7. The number of amides is 1. The van der Waals surface area contributed by atoms with Gasteiger partial charge in [0.2, 0.25) is 0 Å². The first kappa shape index (κ1) is 21.3. The molecule has 33 heavy (non-hydrogen) atoms.